The zero-order valence-electron chi connectivity index (χ0n) is 14.3. The number of benzene rings is 1. The van der Waals surface area contributed by atoms with Gasteiger partial charge in [-0.2, -0.15) is 5.10 Å². The van der Waals surface area contributed by atoms with Crippen LogP contribution in [0.1, 0.15) is 51.2 Å². The lowest BCUT2D eigenvalue weighted by Crippen LogP contribution is -2.39. The van der Waals surface area contributed by atoms with Gasteiger partial charge in [0.15, 0.2) is 0 Å². The fraction of sp³-hybridized carbons (Fsp3) is 0.368. The van der Waals surface area contributed by atoms with Crippen LogP contribution in [0.5, 0.6) is 0 Å². The largest absolute Gasteiger partial charge is 0.353 e. The fourth-order valence-corrected chi connectivity index (χ4v) is 3.67. The molecule has 2 aliphatic rings. The maximum absolute atomic E-state index is 12.3. The molecule has 4 rings (SSSR count). The number of nitrogens with one attached hydrogen (secondary N) is 2. The van der Waals surface area contributed by atoms with Crippen LogP contribution in [0.2, 0.25) is 0 Å². The molecule has 0 fully saturated rings. The molecule has 1 aliphatic carbocycles. The number of hydrogen-bond acceptors (Lipinski definition) is 4. The van der Waals surface area contributed by atoms with Crippen LogP contribution < -0.4 is 5.32 Å². The first-order valence-corrected chi connectivity index (χ1v) is 8.89. The quantitative estimate of drug-likeness (QED) is 0.797. The van der Waals surface area contributed by atoms with Crippen molar-refractivity contribution in [3.05, 3.63) is 52.8 Å². The van der Waals surface area contributed by atoms with Crippen molar-refractivity contribution in [1.29, 1.82) is 0 Å². The molecular formula is C19H20N4O3. The number of fused-ring (bicyclic) bond motifs is 2. The van der Waals surface area contributed by atoms with Gasteiger partial charge in [0, 0.05) is 31.1 Å². The van der Waals surface area contributed by atoms with E-state index in [9.17, 15) is 14.4 Å². The van der Waals surface area contributed by atoms with E-state index in [1.165, 1.54) is 10.5 Å². The summed E-state index contributed by atoms with van der Waals surface area (Å²) >= 11 is 0. The number of amides is 3. The molecule has 7 nitrogen and oxygen atoms in total. The number of aromatic nitrogens is 2. The normalized spacial score (nSPS) is 18.6. The molecule has 0 bridgehead atoms. The van der Waals surface area contributed by atoms with Crippen molar-refractivity contribution < 1.29 is 14.4 Å². The number of rotatable bonds is 5. The fourth-order valence-electron chi connectivity index (χ4n) is 3.67. The van der Waals surface area contributed by atoms with Crippen LogP contribution in [-0.4, -0.2) is 45.4 Å². The highest BCUT2D eigenvalue weighted by Gasteiger charge is 2.34. The third-order valence-corrected chi connectivity index (χ3v) is 5.05. The minimum absolute atomic E-state index is 0.0467. The van der Waals surface area contributed by atoms with Gasteiger partial charge in [0.2, 0.25) is 5.91 Å². The Bertz CT molecular complexity index is 838. The van der Waals surface area contributed by atoms with Gasteiger partial charge in [-0.1, -0.05) is 12.1 Å². The zero-order valence-corrected chi connectivity index (χ0v) is 14.3. The summed E-state index contributed by atoms with van der Waals surface area (Å²) in [6, 6.07) is 6.92. The molecule has 1 unspecified atom stereocenters. The first-order valence-electron chi connectivity index (χ1n) is 8.89. The van der Waals surface area contributed by atoms with Crippen LogP contribution in [0.25, 0.3) is 0 Å². The first kappa shape index (κ1) is 16.5. The van der Waals surface area contributed by atoms with Crippen molar-refractivity contribution in [3.63, 3.8) is 0 Å². The molecule has 1 aliphatic heterocycles. The van der Waals surface area contributed by atoms with Gasteiger partial charge in [-0.3, -0.25) is 24.4 Å². The average molecular weight is 352 g/mol. The Kier molecular flexibility index (Phi) is 4.28. The maximum Gasteiger partial charge on any atom is 0.261 e. The van der Waals surface area contributed by atoms with Crippen molar-refractivity contribution >= 4 is 17.7 Å². The Labute approximate surface area is 150 Å². The Morgan fingerprint density at radius 1 is 1.23 bits per heavy atom. The van der Waals surface area contributed by atoms with Gasteiger partial charge in [0.1, 0.15) is 0 Å². The lowest BCUT2D eigenvalue weighted by Gasteiger charge is -2.23. The van der Waals surface area contributed by atoms with Gasteiger partial charge in [-0.05, 0) is 37.0 Å². The van der Waals surface area contributed by atoms with Crippen molar-refractivity contribution in [1.82, 2.24) is 20.4 Å². The maximum atomic E-state index is 12.3. The topological polar surface area (TPSA) is 95.2 Å². The first-order chi connectivity index (χ1) is 12.6. The van der Waals surface area contributed by atoms with Crippen molar-refractivity contribution in [2.75, 3.05) is 6.54 Å². The summed E-state index contributed by atoms with van der Waals surface area (Å²) in [7, 11) is 0. The van der Waals surface area contributed by atoms with Crippen LogP contribution in [0.4, 0.5) is 0 Å². The average Bonchev–Trinajstić information content (AvgIpc) is 3.20. The predicted molar refractivity (Wildman–Crippen MR) is 93.6 cm³/mol. The van der Waals surface area contributed by atoms with Crippen LogP contribution in [0.3, 0.4) is 0 Å². The highest BCUT2D eigenvalue weighted by molar-refractivity contribution is 6.21. The van der Waals surface area contributed by atoms with E-state index in [0.717, 1.165) is 25.0 Å². The number of imide groups is 1. The Morgan fingerprint density at radius 2 is 1.96 bits per heavy atom. The molecule has 2 heterocycles. The summed E-state index contributed by atoms with van der Waals surface area (Å²) in [5.41, 5.74) is 3.20. The molecule has 1 aromatic carbocycles. The lowest BCUT2D eigenvalue weighted by molar-refractivity contribution is -0.122. The molecule has 2 N–H and O–H groups in total. The number of carbonyl (C=O) groups excluding carboxylic acids is 3. The van der Waals surface area contributed by atoms with Crippen LogP contribution in [0.15, 0.2) is 30.5 Å². The van der Waals surface area contributed by atoms with E-state index in [4.69, 9.17) is 0 Å². The standard InChI is InChI=1S/C19H20N4O3/c24-17(21-13-8-7-12-11-20-22-16(12)10-13)6-3-9-23-18(25)14-4-1-2-5-15(14)19(23)26/h1-2,4-5,11,13H,3,6-10H2,(H,20,22)(H,21,24). The number of hydrogen-bond donors (Lipinski definition) is 2. The molecule has 134 valence electrons. The molecule has 1 aromatic heterocycles. The number of aryl methyl sites for hydroxylation is 1. The Hall–Kier alpha value is -2.96. The Balaban J connectivity index is 1.26. The number of H-pyrrole nitrogens is 1. The van der Waals surface area contributed by atoms with Gasteiger partial charge in [-0.25, -0.2) is 0 Å². The third-order valence-electron chi connectivity index (χ3n) is 5.05. The van der Waals surface area contributed by atoms with Crippen LogP contribution >= 0.6 is 0 Å². The summed E-state index contributed by atoms with van der Waals surface area (Å²) in [4.78, 5) is 38.0. The molecule has 0 saturated heterocycles. The van der Waals surface area contributed by atoms with Gasteiger partial charge >= 0.3 is 0 Å². The number of aromatic amines is 1. The number of carbonyl (C=O) groups is 3. The van der Waals surface area contributed by atoms with Crippen molar-refractivity contribution in [2.45, 2.75) is 38.1 Å². The number of nitrogens with zero attached hydrogens (tertiary/aromatic N) is 2. The summed E-state index contributed by atoms with van der Waals surface area (Å²) in [6.45, 7) is 0.259. The van der Waals surface area contributed by atoms with E-state index in [-0.39, 0.29) is 30.3 Å². The van der Waals surface area contributed by atoms with Gasteiger partial charge in [-0.15, -0.1) is 0 Å². The van der Waals surface area contributed by atoms with E-state index < -0.39 is 0 Å². The molecule has 0 saturated carbocycles. The second-order valence-corrected chi connectivity index (χ2v) is 6.79. The molecule has 1 atom stereocenters. The molecule has 7 heteroatoms. The highest BCUT2D eigenvalue weighted by Crippen LogP contribution is 2.23. The minimum atomic E-state index is -0.273. The van der Waals surface area contributed by atoms with Crippen molar-refractivity contribution in [2.24, 2.45) is 0 Å². The molecular weight excluding hydrogens is 332 g/mol. The van der Waals surface area contributed by atoms with E-state index in [1.807, 2.05) is 6.20 Å². The van der Waals surface area contributed by atoms with E-state index >= 15 is 0 Å². The molecule has 26 heavy (non-hydrogen) atoms. The lowest BCUT2D eigenvalue weighted by atomic mass is 9.93. The second kappa shape index (κ2) is 6.74. The monoisotopic (exact) mass is 352 g/mol. The minimum Gasteiger partial charge on any atom is -0.353 e. The van der Waals surface area contributed by atoms with E-state index in [1.54, 1.807) is 24.3 Å². The SMILES string of the molecule is O=C(CCCN1C(=O)c2ccccc2C1=O)NC1CCc2cn[nH]c2C1. The summed E-state index contributed by atoms with van der Waals surface area (Å²) in [5.74, 6) is -0.593. The zero-order chi connectivity index (χ0) is 18.1. The summed E-state index contributed by atoms with van der Waals surface area (Å²) < 4.78 is 0. The molecule has 0 spiro atoms. The molecule has 0 radical (unpaired) electrons. The van der Waals surface area contributed by atoms with Gasteiger partial charge in [0.05, 0.1) is 17.3 Å². The summed E-state index contributed by atoms with van der Waals surface area (Å²) in [5, 5.41) is 10.1. The van der Waals surface area contributed by atoms with E-state index in [2.05, 4.69) is 15.5 Å². The van der Waals surface area contributed by atoms with Gasteiger partial charge < -0.3 is 5.32 Å². The highest BCUT2D eigenvalue weighted by atomic mass is 16.2. The third kappa shape index (κ3) is 3.00. The van der Waals surface area contributed by atoms with Crippen LogP contribution in [-0.2, 0) is 17.6 Å². The predicted octanol–water partition coefficient (Wildman–Crippen LogP) is 1.46. The van der Waals surface area contributed by atoms with Gasteiger partial charge in [0.25, 0.3) is 11.8 Å². The smallest absolute Gasteiger partial charge is 0.261 e. The molecule has 3 amide bonds. The second-order valence-electron chi connectivity index (χ2n) is 6.79. The van der Waals surface area contributed by atoms with E-state index in [0.29, 0.717) is 24.0 Å². The molecule has 2 aromatic rings. The van der Waals surface area contributed by atoms with Crippen molar-refractivity contribution in [3.8, 4) is 0 Å². The summed E-state index contributed by atoms with van der Waals surface area (Å²) in [6.07, 6.45) is 5.16. The van der Waals surface area contributed by atoms with Crippen LogP contribution in [0, 0.1) is 0 Å². The Morgan fingerprint density at radius 3 is 2.69 bits per heavy atom.